The summed E-state index contributed by atoms with van der Waals surface area (Å²) in [6.07, 6.45) is 2.51. The van der Waals surface area contributed by atoms with Crippen molar-refractivity contribution in [2.75, 3.05) is 19.0 Å². The van der Waals surface area contributed by atoms with Crippen LogP contribution in [-0.4, -0.2) is 25.6 Å². The summed E-state index contributed by atoms with van der Waals surface area (Å²) in [4.78, 5) is 23.3. The Morgan fingerprint density at radius 1 is 1.20 bits per heavy atom. The van der Waals surface area contributed by atoms with Gasteiger partial charge in [0.15, 0.2) is 18.2 Å². The van der Waals surface area contributed by atoms with Gasteiger partial charge in [0.2, 0.25) is 0 Å². The molecule has 2 aromatic carbocycles. The molecule has 5 nitrogen and oxygen atoms in total. The van der Waals surface area contributed by atoms with Gasteiger partial charge >= 0.3 is 5.97 Å². The SMILES string of the molecule is COc1ccc(/C=C/C(=O)OCC(=O)Nc2ccc(Br)cc2)cc1F. The van der Waals surface area contributed by atoms with Gasteiger partial charge in [0, 0.05) is 16.2 Å². The molecule has 0 aliphatic rings. The van der Waals surface area contributed by atoms with Crippen LogP contribution in [0.1, 0.15) is 5.56 Å². The Kier molecular flexibility index (Phi) is 6.71. The molecule has 2 rings (SSSR count). The number of halogens is 2. The molecule has 0 aromatic heterocycles. The summed E-state index contributed by atoms with van der Waals surface area (Å²) in [6.45, 7) is -0.420. The molecule has 0 fully saturated rings. The van der Waals surface area contributed by atoms with Crippen LogP contribution < -0.4 is 10.1 Å². The van der Waals surface area contributed by atoms with E-state index in [1.54, 1.807) is 30.3 Å². The van der Waals surface area contributed by atoms with E-state index in [2.05, 4.69) is 21.2 Å². The normalized spacial score (nSPS) is 10.5. The van der Waals surface area contributed by atoms with E-state index < -0.39 is 24.3 Å². The summed E-state index contributed by atoms with van der Waals surface area (Å²) in [5.41, 5.74) is 1.06. The summed E-state index contributed by atoms with van der Waals surface area (Å²) in [5, 5.41) is 2.59. The van der Waals surface area contributed by atoms with Crippen LogP contribution >= 0.6 is 15.9 Å². The number of rotatable bonds is 6. The number of esters is 1. The summed E-state index contributed by atoms with van der Waals surface area (Å²) in [6, 6.07) is 11.2. The van der Waals surface area contributed by atoms with E-state index in [-0.39, 0.29) is 5.75 Å². The number of anilines is 1. The molecule has 0 heterocycles. The van der Waals surface area contributed by atoms with Gasteiger partial charge in [0.25, 0.3) is 5.91 Å². The van der Waals surface area contributed by atoms with E-state index in [1.807, 2.05) is 0 Å². The summed E-state index contributed by atoms with van der Waals surface area (Å²) in [5.74, 6) is -1.59. The van der Waals surface area contributed by atoms with Gasteiger partial charge in [-0.1, -0.05) is 22.0 Å². The molecule has 25 heavy (non-hydrogen) atoms. The lowest BCUT2D eigenvalue weighted by atomic mass is 10.2. The zero-order chi connectivity index (χ0) is 18.2. The molecule has 0 saturated carbocycles. The van der Waals surface area contributed by atoms with E-state index in [0.717, 1.165) is 10.5 Å². The van der Waals surface area contributed by atoms with Crippen LogP contribution in [0.5, 0.6) is 5.75 Å². The molecule has 2 aromatic rings. The van der Waals surface area contributed by atoms with Gasteiger partial charge in [-0.25, -0.2) is 9.18 Å². The maximum atomic E-state index is 13.5. The predicted molar refractivity (Wildman–Crippen MR) is 95.7 cm³/mol. The molecule has 0 aliphatic heterocycles. The number of methoxy groups -OCH3 is 1. The van der Waals surface area contributed by atoms with Gasteiger partial charge in [0.05, 0.1) is 7.11 Å². The number of amides is 1. The monoisotopic (exact) mass is 407 g/mol. The highest BCUT2D eigenvalue weighted by Gasteiger charge is 2.06. The van der Waals surface area contributed by atoms with Crippen molar-refractivity contribution in [1.82, 2.24) is 0 Å². The zero-order valence-electron chi connectivity index (χ0n) is 13.3. The van der Waals surface area contributed by atoms with E-state index in [4.69, 9.17) is 9.47 Å². The average molecular weight is 408 g/mol. The largest absolute Gasteiger partial charge is 0.494 e. The van der Waals surface area contributed by atoms with Crippen molar-refractivity contribution in [3.05, 3.63) is 64.4 Å². The molecule has 1 amide bonds. The molecule has 0 unspecified atom stereocenters. The lowest BCUT2D eigenvalue weighted by Crippen LogP contribution is -2.20. The van der Waals surface area contributed by atoms with Gasteiger partial charge < -0.3 is 14.8 Å². The molecule has 130 valence electrons. The highest BCUT2D eigenvalue weighted by molar-refractivity contribution is 9.10. The summed E-state index contributed by atoms with van der Waals surface area (Å²) < 4.78 is 24.1. The Balaban J connectivity index is 1.82. The van der Waals surface area contributed by atoms with Crippen LogP contribution in [-0.2, 0) is 14.3 Å². The second kappa shape index (κ2) is 8.98. The first-order chi connectivity index (χ1) is 12.0. The smallest absolute Gasteiger partial charge is 0.331 e. The minimum atomic E-state index is -0.706. The molecule has 0 atom stereocenters. The number of benzene rings is 2. The number of ether oxygens (including phenoxy) is 2. The van der Waals surface area contributed by atoms with Crippen LogP contribution in [0.15, 0.2) is 53.0 Å². The Morgan fingerprint density at radius 3 is 2.56 bits per heavy atom. The van der Waals surface area contributed by atoms with Crippen LogP contribution in [0, 0.1) is 5.82 Å². The molecule has 0 radical (unpaired) electrons. The first kappa shape index (κ1) is 18.7. The van der Waals surface area contributed by atoms with Crippen molar-refractivity contribution in [2.45, 2.75) is 0 Å². The van der Waals surface area contributed by atoms with Crippen molar-refractivity contribution >= 4 is 39.6 Å². The first-order valence-corrected chi connectivity index (χ1v) is 8.01. The van der Waals surface area contributed by atoms with Gasteiger partial charge in [-0.15, -0.1) is 0 Å². The Morgan fingerprint density at radius 2 is 1.92 bits per heavy atom. The molecule has 0 saturated heterocycles. The fraction of sp³-hybridized carbons (Fsp3) is 0.111. The average Bonchev–Trinajstić information content (AvgIpc) is 2.60. The molecular formula is C18H15BrFNO4. The Labute approximate surface area is 152 Å². The fourth-order valence-corrected chi connectivity index (χ4v) is 2.13. The van der Waals surface area contributed by atoms with Gasteiger partial charge in [-0.2, -0.15) is 0 Å². The van der Waals surface area contributed by atoms with E-state index in [0.29, 0.717) is 11.3 Å². The van der Waals surface area contributed by atoms with E-state index in [9.17, 15) is 14.0 Å². The molecular weight excluding hydrogens is 393 g/mol. The van der Waals surface area contributed by atoms with Gasteiger partial charge in [0.1, 0.15) is 0 Å². The minimum Gasteiger partial charge on any atom is -0.494 e. The highest BCUT2D eigenvalue weighted by atomic mass is 79.9. The van der Waals surface area contributed by atoms with Crippen LogP contribution in [0.25, 0.3) is 6.08 Å². The molecule has 0 spiro atoms. The number of hydrogen-bond donors (Lipinski definition) is 1. The molecule has 7 heteroatoms. The number of hydrogen-bond acceptors (Lipinski definition) is 4. The van der Waals surface area contributed by atoms with Crippen molar-refractivity contribution < 1.29 is 23.5 Å². The molecule has 0 bridgehead atoms. The van der Waals surface area contributed by atoms with Crippen molar-refractivity contribution in [3.8, 4) is 5.75 Å². The van der Waals surface area contributed by atoms with Crippen molar-refractivity contribution in [3.63, 3.8) is 0 Å². The minimum absolute atomic E-state index is 0.115. The third-order valence-corrected chi connectivity index (χ3v) is 3.59. The Bertz CT molecular complexity index is 790. The maximum absolute atomic E-state index is 13.5. The van der Waals surface area contributed by atoms with Gasteiger partial charge in [-0.05, 0) is 48.0 Å². The van der Waals surface area contributed by atoms with Crippen molar-refractivity contribution in [1.29, 1.82) is 0 Å². The third-order valence-electron chi connectivity index (χ3n) is 3.06. The maximum Gasteiger partial charge on any atom is 0.331 e. The first-order valence-electron chi connectivity index (χ1n) is 7.22. The number of carbonyl (C=O) groups is 2. The summed E-state index contributed by atoms with van der Waals surface area (Å²) >= 11 is 3.29. The quantitative estimate of drug-likeness (QED) is 0.584. The molecule has 1 N–H and O–H groups in total. The fourth-order valence-electron chi connectivity index (χ4n) is 1.87. The van der Waals surface area contributed by atoms with Crippen LogP contribution in [0.2, 0.25) is 0 Å². The third kappa shape index (κ3) is 6.04. The zero-order valence-corrected chi connectivity index (χ0v) is 14.9. The van der Waals surface area contributed by atoms with E-state index >= 15 is 0 Å². The standard InChI is InChI=1S/C18H15BrFNO4/c1-24-16-8-2-12(10-15(16)20)3-9-18(23)25-11-17(22)21-14-6-4-13(19)5-7-14/h2-10H,11H2,1H3,(H,21,22)/b9-3+. The number of nitrogens with one attached hydrogen (secondary N) is 1. The van der Waals surface area contributed by atoms with E-state index in [1.165, 1.54) is 25.3 Å². The summed E-state index contributed by atoms with van der Waals surface area (Å²) in [7, 11) is 1.37. The van der Waals surface area contributed by atoms with Crippen LogP contribution in [0.3, 0.4) is 0 Å². The van der Waals surface area contributed by atoms with Crippen molar-refractivity contribution in [2.24, 2.45) is 0 Å². The van der Waals surface area contributed by atoms with Crippen LogP contribution in [0.4, 0.5) is 10.1 Å². The highest BCUT2D eigenvalue weighted by Crippen LogP contribution is 2.18. The lowest BCUT2D eigenvalue weighted by Gasteiger charge is -2.05. The van der Waals surface area contributed by atoms with Gasteiger partial charge in [-0.3, -0.25) is 4.79 Å². The topological polar surface area (TPSA) is 64.6 Å². The number of carbonyl (C=O) groups excluding carboxylic acids is 2. The lowest BCUT2D eigenvalue weighted by molar-refractivity contribution is -0.142. The predicted octanol–water partition coefficient (Wildman–Crippen LogP) is 3.79. The second-order valence-corrected chi connectivity index (χ2v) is 5.81. The molecule has 0 aliphatic carbocycles. The second-order valence-electron chi connectivity index (χ2n) is 4.89. The Hall–Kier alpha value is -2.67.